The molecule has 1 aliphatic rings. The van der Waals surface area contributed by atoms with E-state index in [0.717, 1.165) is 37.0 Å². The molecule has 0 aliphatic heterocycles. The van der Waals surface area contributed by atoms with Gasteiger partial charge < -0.3 is 5.11 Å². The van der Waals surface area contributed by atoms with Crippen molar-refractivity contribution in [3.05, 3.63) is 24.3 Å². The Kier molecular flexibility index (Phi) is 10.8. The molecule has 3 atom stereocenters. The van der Waals surface area contributed by atoms with E-state index < -0.39 is 5.97 Å². The third-order valence-electron chi connectivity index (χ3n) is 5.18. The first kappa shape index (κ1) is 20.0. The Morgan fingerprint density at radius 2 is 1.83 bits per heavy atom. The predicted octanol–water partition coefficient (Wildman–Crippen LogP) is 6.38. The molecule has 0 aromatic heterocycles. The van der Waals surface area contributed by atoms with Gasteiger partial charge in [-0.05, 0) is 62.7 Å². The average molecular weight is 321 g/mol. The zero-order chi connectivity index (χ0) is 16.9. The minimum absolute atomic E-state index is 0.285. The molecule has 1 rings (SSSR count). The minimum Gasteiger partial charge on any atom is -0.481 e. The van der Waals surface area contributed by atoms with Crippen LogP contribution in [0.5, 0.6) is 0 Å². The van der Waals surface area contributed by atoms with Crippen LogP contribution in [0.2, 0.25) is 0 Å². The van der Waals surface area contributed by atoms with E-state index in [4.69, 9.17) is 5.11 Å². The van der Waals surface area contributed by atoms with Gasteiger partial charge in [-0.3, -0.25) is 4.79 Å². The summed E-state index contributed by atoms with van der Waals surface area (Å²) in [4.78, 5) is 10.5. The summed E-state index contributed by atoms with van der Waals surface area (Å²) in [7, 11) is 0. The standard InChI is InChI=1S/C21H36O2/c1-3-4-5-6-7-10-13-19-17-16-18(2)20(19)14-11-8-9-12-15-21(22)23/h8,10-11,13,18-20H,3-7,9,12,14-17H2,1-2H3,(H,22,23)/t18?,19-,20-/m0/s1. The lowest BCUT2D eigenvalue weighted by molar-refractivity contribution is -0.137. The third-order valence-corrected chi connectivity index (χ3v) is 5.18. The molecule has 2 nitrogen and oxygen atoms in total. The fraction of sp³-hybridized carbons (Fsp3) is 0.762. The Bertz CT molecular complexity index is 370. The zero-order valence-corrected chi connectivity index (χ0v) is 15.2. The first-order chi connectivity index (χ1) is 11.1. The smallest absolute Gasteiger partial charge is 0.303 e. The first-order valence-electron chi connectivity index (χ1n) is 9.68. The summed E-state index contributed by atoms with van der Waals surface area (Å²) in [6.45, 7) is 4.65. The molecular formula is C21H36O2. The van der Waals surface area contributed by atoms with Gasteiger partial charge in [0, 0.05) is 6.42 Å². The summed E-state index contributed by atoms with van der Waals surface area (Å²) in [5.74, 6) is 1.65. The van der Waals surface area contributed by atoms with Crippen molar-refractivity contribution in [2.45, 2.75) is 84.5 Å². The van der Waals surface area contributed by atoms with Gasteiger partial charge in [-0.1, -0.05) is 57.4 Å². The number of carboxylic acids is 1. The van der Waals surface area contributed by atoms with Crippen LogP contribution in [-0.4, -0.2) is 11.1 Å². The van der Waals surface area contributed by atoms with Gasteiger partial charge in [0.25, 0.3) is 0 Å². The number of hydrogen-bond donors (Lipinski definition) is 1. The van der Waals surface area contributed by atoms with Gasteiger partial charge >= 0.3 is 5.97 Å². The second-order valence-corrected chi connectivity index (χ2v) is 7.15. The van der Waals surface area contributed by atoms with Crippen molar-refractivity contribution in [2.24, 2.45) is 17.8 Å². The number of carboxylic acid groups (broad SMARTS) is 1. The van der Waals surface area contributed by atoms with E-state index in [1.54, 1.807) is 0 Å². The summed E-state index contributed by atoms with van der Waals surface area (Å²) >= 11 is 0. The van der Waals surface area contributed by atoms with Crippen LogP contribution in [-0.2, 0) is 4.79 Å². The van der Waals surface area contributed by atoms with E-state index in [0.29, 0.717) is 0 Å². The van der Waals surface area contributed by atoms with Crippen molar-refractivity contribution in [2.75, 3.05) is 0 Å². The normalized spacial score (nSPS) is 24.9. The quantitative estimate of drug-likeness (QED) is 0.335. The number of aliphatic carboxylic acids is 1. The highest BCUT2D eigenvalue weighted by atomic mass is 16.4. The van der Waals surface area contributed by atoms with Gasteiger partial charge in [-0.2, -0.15) is 0 Å². The molecule has 0 heterocycles. The lowest BCUT2D eigenvalue weighted by atomic mass is 9.87. The van der Waals surface area contributed by atoms with Crippen molar-refractivity contribution in [3.63, 3.8) is 0 Å². The fourth-order valence-electron chi connectivity index (χ4n) is 3.65. The number of rotatable bonds is 12. The van der Waals surface area contributed by atoms with E-state index in [1.165, 1.54) is 44.9 Å². The molecule has 0 amide bonds. The van der Waals surface area contributed by atoms with Crippen molar-refractivity contribution in [1.29, 1.82) is 0 Å². The maximum Gasteiger partial charge on any atom is 0.303 e. The molecular weight excluding hydrogens is 284 g/mol. The van der Waals surface area contributed by atoms with Crippen molar-refractivity contribution in [3.8, 4) is 0 Å². The van der Waals surface area contributed by atoms with Crippen molar-refractivity contribution in [1.82, 2.24) is 0 Å². The van der Waals surface area contributed by atoms with Gasteiger partial charge in [-0.25, -0.2) is 0 Å². The molecule has 23 heavy (non-hydrogen) atoms. The molecule has 0 spiro atoms. The highest BCUT2D eigenvalue weighted by Gasteiger charge is 2.30. The molecule has 0 aromatic rings. The Balaban J connectivity index is 2.26. The molecule has 1 aliphatic carbocycles. The minimum atomic E-state index is -0.688. The Hall–Kier alpha value is -1.05. The van der Waals surface area contributed by atoms with Crippen LogP contribution in [0.15, 0.2) is 24.3 Å². The SMILES string of the molecule is CCCCCCC=C[C@H]1CCC(C)[C@@H]1CC=CCCCC(=O)O. The molecule has 0 radical (unpaired) electrons. The largest absolute Gasteiger partial charge is 0.481 e. The molecule has 0 saturated heterocycles. The maximum atomic E-state index is 10.5. The summed E-state index contributed by atoms with van der Waals surface area (Å²) in [5.41, 5.74) is 0. The Morgan fingerprint density at radius 1 is 1.04 bits per heavy atom. The molecule has 2 heteroatoms. The van der Waals surface area contributed by atoms with Gasteiger partial charge in [0.2, 0.25) is 0 Å². The predicted molar refractivity (Wildman–Crippen MR) is 98.5 cm³/mol. The highest BCUT2D eigenvalue weighted by molar-refractivity contribution is 5.66. The highest BCUT2D eigenvalue weighted by Crippen LogP contribution is 2.40. The summed E-state index contributed by atoms with van der Waals surface area (Å²) in [6.07, 6.45) is 21.8. The molecule has 1 N–H and O–H groups in total. The molecule has 1 fully saturated rings. The van der Waals surface area contributed by atoms with E-state index in [2.05, 4.69) is 38.2 Å². The summed E-state index contributed by atoms with van der Waals surface area (Å²) < 4.78 is 0. The lowest BCUT2D eigenvalue weighted by Crippen LogP contribution is -2.10. The maximum absolute atomic E-state index is 10.5. The van der Waals surface area contributed by atoms with Crippen molar-refractivity contribution >= 4 is 5.97 Å². The van der Waals surface area contributed by atoms with Gasteiger partial charge in [-0.15, -0.1) is 0 Å². The van der Waals surface area contributed by atoms with Crippen LogP contribution < -0.4 is 0 Å². The van der Waals surface area contributed by atoms with Gasteiger partial charge in [0.15, 0.2) is 0 Å². The summed E-state index contributed by atoms with van der Waals surface area (Å²) in [5, 5.41) is 8.63. The molecule has 0 bridgehead atoms. The Labute approximate surface area is 143 Å². The third kappa shape index (κ3) is 8.98. The van der Waals surface area contributed by atoms with Crippen LogP contribution in [0, 0.1) is 17.8 Å². The van der Waals surface area contributed by atoms with Gasteiger partial charge in [0.1, 0.15) is 0 Å². The van der Waals surface area contributed by atoms with Crippen molar-refractivity contribution < 1.29 is 9.90 Å². The van der Waals surface area contributed by atoms with Crippen LogP contribution in [0.25, 0.3) is 0 Å². The fourth-order valence-corrected chi connectivity index (χ4v) is 3.65. The average Bonchev–Trinajstić information content (AvgIpc) is 2.86. The molecule has 1 unspecified atom stereocenters. The topological polar surface area (TPSA) is 37.3 Å². The number of hydrogen-bond acceptors (Lipinski definition) is 1. The van der Waals surface area contributed by atoms with E-state index in [-0.39, 0.29) is 6.42 Å². The van der Waals surface area contributed by atoms with E-state index >= 15 is 0 Å². The second kappa shape index (κ2) is 12.4. The molecule has 0 aromatic carbocycles. The lowest BCUT2D eigenvalue weighted by Gasteiger charge is -2.18. The Morgan fingerprint density at radius 3 is 2.57 bits per heavy atom. The summed E-state index contributed by atoms with van der Waals surface area (Å²) in [6, 6.07) is 0. The van der Waals surface area contributed by atoms with E-state index in [1.807, 2.05) is 0 Å². The van der Waals surface area contributed by atoms with Crippen LogP contribution >= 0.6 is 0 Å². The number of unbranched alkanes of at least 4 members (excludes halogenated alkanes) is 5. The number of allylic oxidation sites excluding steroid dienone is 4. The van der Waals surface area contributed by atoms with Gasteiger partial charge in [0.05, 0.1) is 0 Å². The van der Waals surface area contributed by atoms with E-state index in [9.17, 15) is 4.79 Å². The van der Waals surface area contributed by atoms with Crippen LogP contribution in [0.4, 0.5) is 0 Å². The molecule has 132 valence electrons. The zero-order valence-electron chi connectivity index (χ0n) is 15.2. The molecule has 1 saturated carbocycles. The van der Waals surface area contributed by atoms with Crippen LogP contribution in [0.1, 0.15) is 84.5 Å². The monoisotopic (exact) mass is 320 g/mol. The second-order valence-electron chi connectivity index (χ2n) is 7.15. The van der Waals surface area contributed by atoms with Crippen LogP contribution in [0.3, 0.4) is 0 Å². The first-order valence-corrected chi connectivity index (χ1v) is 9.68. The number of carbonyl (C=O) groups is 1.